The van der Waals surface area contributed by atoms with E-state index in [4.69, 9.17) is 21.3 Å². The lowest BCUT2D eigenvalue weighted by Crippen LogP contribution is -2.47. The minimum atomic E-state index is -0.303. The number of aromatic nitrogens is 2. The van der Waals surface area contributed by atoms with E-state index in [9.17, 15) is 9.59 Å². The van der Waals surface area contributed by atoms with Crippen LogP contribution in [0.4, 0.5) is 0 Å². The van der Waals surface area contributed by atoms with Crippen LogP contribution >= 0.6 is 22.9 Å². The predicted molar refractivity (Wildman–Crippen MR) is 168 cm³/mol. The van der Waals surface area contributed by atoms with Gasteiger partial charge in [-0.25, -0.2) is 4.98 Å². The molecule has 2 aromatic carbocycles. The van der Waals surface area contributed by atoms with Gasteiger partial charge in [-0.05, 0) is 58.0 Å². The Morgan fingerprint density at radius 1 is 1.12 bits per heavy atom. The second kappa shape index (κ2) is 12.4. The van der Waals surface area contributed by atoms with Crippen LogP contribution in [-0.4, -0.2) is 53.1 Å². The third-order valence-corrected chi connectivity index (χ3v) is 7.95. The summed E-state index contributed by atoms with van der Waals surface area (Å²) in [5, 5.41) is 6.23. The van der Waals surface area contributed by atoms with Gasteiger partial charge < -0.3 is 15.0 Å². The number of allylic oxidation sites excluding steroid dienone is 1. The van der Waals surface area contributed by atoms with Gasteiger partial charge in [-0.15, -0.1) is 11.3 Å². The summed E-state index contributed by atoms with van der Waals surface area (Å²) in [4.78, 5) is 35.2. The van der Waals surface area contributed by atoms with Crippen LogP contribution in [0.2, 0.25) is 5.02 Å². The number of halogens is 1. The van der Waals surface area contributed by atoms with Gasteiger partial charge in [0.05, 0.1) is 34.8 Å². The Labute approximate surface area is 249 Å². The molecule has 0 bridgehead atoms. The highest BCUT2D eigenvalue weighted by Gasteiger charge is 2.27. The molecule has 0 saturated carbocycles. The smallest absolute Gasteiger partial charge is 0.266 e. The third kappa shape index (κ3) is 6.15. The molecule has 1 amide bonds. The van der Waals surface area contributed by atoms with Gasteiger partial charge in [0.15, 0.2) is 0 Å². The second-order valence-electron chi connectivity index (χ2n) is 10.2. The number of pyridine rings is 1. The lowest BCUT2D eigenvalue weighted by atomic mass is 10.0. The monoisotopic (exact) mass is 588 g/mol. The Kier molecular flexibility index (Phi) is 8.73. The molecule has 7 nitrogen and oxygen atoms in total. The molecule has 4 aromatic rings. The Morgan fingerprint density at radius 3 is 2.54 bits per heavy atom. The topological polar surface area (TPSA) is 76.5 Å². The van der Waals surface area contributed by atoms with Crippen LogP contribution in [0.3, 0.4) is 0 Å². The van der Waals surface area contributed by atoms with E-state index in [1.165, 1.54) is 11.3 Å². The number of nitrogens with one attached hydrogen (secondary N) is 1. The molecule has 0 radical (unpaired) electrons. The van der Waals surface area contributed by atoms with Crippen LogP contribution < -0.4 is 15.6 Å². The molecular formula is C32H33ClN4O3S. The Balaban J connectivity index is 1.80. The molecule has 3 heterocycles. The maximum absolute atomic E-state index is 14.4. The molecule has 0 spiro atoms. The van der Waals surface area contributed by atoms with Crippen molar-refractivity contribution in [1.82, 2.24) is 19.8 Å². The predicted octanol–water partition coefficient (Wildman–Crippen LogP) is 6.46. The second-order valence-corrected chi connectivity index (χ2v) is 11.5. The van der Waals surface area contributed by atoms with Crippen molar-refractivity contribution in [3.05, 3.63) is 91.7 Å². The number of thiazole rings is 1. The van der Waals surface area contributed by atoms with Gasteiger partial charge in [0.2, 0.25) is 0 Å². The van der Waals surface area contributed by atoms with Gasteiger partial charge in [-0.2, -0.15) is 0 Å². The van der Waals surface area contributed by atoms with Crippen molar-refractivity contribution in [3.8, 4) is 33.3 Å². The van der Waals surface area contributed by atoms with Gasteiger partial charge in [0, 0.05) is 42.1 Å². The molecule has 0 atom stereocenters. The van der Waals surface area contributed by atoms with E-state index < -0.39 is 0 Å². The Morgan fingerprint density at radius 2 is 1.85 bits per heavy atom. The molecular weight excluding hydrogens is 556 g/mol. The molecule has 1 saturated heterocycles. The molecule has 5 rings (SSSR count). The summed E-state index contributed by atoms with van der Waals surface area (Å²) in [6, 6.07) is 15.0. The van der Waals surface area contributed by atoms with Crippen molar-refractivity contribution >= 4 is 34.9 Å². The lowest BCUT2D eigenvalue weighted by Gasteiger charge is -2.29. The quantitative estimate of drug-likeness (QED) is 0.268. The summed E-state index contributed by atoms with van der Waals surface area (Å²) in [7, 11) is 0. The van der Waals surface area contributed by atoms with E-state index in [-0.39, 0.29) is 11.5 Å². The highest BCUT2D eigenvalue weighted by Crippen LogP contribution is 2.33. The van der Waals surface area contributed by atoms with Gasteiger partial charge in [-0.1, -0.05) is 47.0 Å². The summed E-state index contributed by atoms with van der Waals surface area (Å²) in [5.74, 6) is 0.365. The molecule has 41 heavy (non-hydrogen) atoms. The van der Waals surface area contributed by atoms with E-state index in [2.05, 4.69) is 5.32 Å². The highest BCUT2D eigenvalue weighted by molar-refractivity contribution is 7.13. The zero-order valence-electron chi connectivity index (χ0n) is 23.7. The first-order valence-corrected chi connectivity index (χ1v) is 14.9. The standard InChI is InChI=1S/C32H33ClN4O3S/c1-5-40-29-11-10-23(33)17-28(29)37-27(16-20(2)3)24(31(38)36-14-12-34-13-15-36)18-25(32(37)39)30-35-26(19-41-30)22-8-6-21(4)7-9-22/h6-11,16-19,34H,5,12-15H2,1-4H3. The van der Waals surface area contributed by atoms with Crippen LogP contribution in [-0.2, 0) is 0 Å². The maximum atomic E-state index is 14.4. The van der Waals surface area contributed by atoms with Crippen molar-refractivity contribution in [2.45, 2.75) is 27.7 Å². The number of hydrogen-bond acceptors (Lipinski definition) is 6. The molecule has 9 heteroatoms. The van der Waals surface area contributed by atoms with E-state index in [0.29, 0.717) is 71.1 Å². The first-order chi connectivity index (χ1) is 19.8. The summed E-state index contributed by atoms with van der Waals surface area (Å²) in [6.45, 7) is 10.8. The fourth-order valence-electron chi connectivity index (χ4n) is 4.85. The molecule has 1 fully saturated rings. The van der Waals surface area contributed by atoms with Crippen LogP contribution in [0.5, 0.6) is 5.75 Å². The number of carbonyl (C=O) groups is 1. The minimum absolute atomic E-state index is 0.135. The van der Waals surface area contributed by atoms with Crippen molar-refractivity contribution in [2.24, 2.45) is 0 Å². The number of benzene rings is 2. The molecule has 212 valence electrons. The minimum Gasteiger partial charge on any atom is -0.492 e. The van der Waals surface area contributed by atoms with Crippen molar-refractivity contribution in [3.63, 3.8) is 0 Å². The zero-order valence-corrected chi connectivity index (χ0v) is 25.2. The van der Waals surface area contributed by atoms with Gasteiger partial charge in [0.1, 0.15) is 10.8 Å². The summed E-state index contributed by atoms with van der Waals surface area (Å²) >= 11 is 7.84. The molecule has 2 aromatic heterocycles. The van der Waals surface area contributed by atoms with Gasteiger partial charge in [-0.3, -0.25) is 14.2 Å². The van der Waals surface area contributed by atoms with Gasteiger partial charge >= 0.3 is 0 Å². The fourth-order valence-corrected chi connectivity index (χ4v) is 5.85. The summed E-state index contributed by atoms with van der Waals surface area (Å²) < 4.78 is 7.50. The number of rotatable bonds is 7. The summed E-state index contributed by atoms with van der Waals surface area (Å²) in [6.07, 6.45) is 1.87. The normalized spacial score (nSPS) is 13.2. The van der Waals surface area contributed by atoms with Gasteiger partial charge in [0.25, 0.3) is 11.5 Å². The first-order valence-electron chi connectivity index (χ1n) is 13.7. The number of carbonyl (C=O) groups excluding carboxylic acids is 1. The average molecular weight is 589 g/mol. The number of aryl methyl sites for hydroxylation is 1. The van der Waals surface area contributed by atoms with E-state index in [1.807, 2.05) is 68.3 Å². The van der Waals surface area contributed by atoms with Crippen molar-refractivity contribution < 1.29 is 9.53 Å². The maximum Gasteiger partial charge on any atom is 0.266 e. The molecule has 0 aliphatic carbocycles. The molecule has 1 aliphatic heterocycles. The number of hydrogen-bond donors (Lipinski definition) is 1. The fraction of sp³-hybridized carbons (Fsp3) is 0.281. The van der Waals surface area contributed by atoms with E-state index in [1.54, 1.807) is 28.8 Å². The Bertz CT molecular complexity index is 1660. The number of amides is 1. The van der Waals surface area contributed by atoms with Crippen molar-refractivity contribution in [1.29, 1.82) is 0 Å². The number of ether oxygens (including phenoxy) is 1. The van der Waals surface area contributed by atoms with E-state index in [0.717, 1.165) is 22.4 Å². The zero-order chi connectivity index (χ0) is 29.1. The average Bonchev–Trinajstić information content (AvgIpc) is 3.45. The SMILES string of the molecule is CCOc1ccc(Cl)cc1-n1c(C=C(C)C)c(C(=O)N2CCNCC2)cc(-c2nc(-c3ccc(C)cc3)cs2)c1=O. The lowest BCUT2D eigenvalue weighted by molar-refractivity contribution is 0.0735. The van der Waals surface area contributed by atoms with Crippen LogP contribution in [0.25, 0.3) is 33.6 Å². The largest absolute Gasteiger partial charge is 0.492 e. The summed E-state index contributed by atoms with van der Waals surface area (Å²) in [5.41, 5.74) is 5.27. The van der Waals surface area contributed by atoms with Crippen molar-refractivity contribution in [2.75, 3.05) is 32.8 Å². The molecule has 1 N–H and O–H groups in total. The Hall–Kier alpha value is -3.72. The van der Waals surface area contributed by atoms with Crippen LogP contribution in [0, 0.1) is 6.92 Å². The van der Waals surface area contributed by atoms with Crippen LogP contribution in [0.1, 0.15) is 42.4 Å². The third-order valence-electron chi connectivity index (χ3n) is 6.84. The highest BCUT2D eigenvalue weighted by atomic mass is 35.5. The van der Waals surface area contributed by atoms with Crippen LogP contribution in [0.15, 0.2) is 64.3 Å². The number of nitrogens with zero attached hydrogens (tertiary/aromatic N) is 3. The molecule has 0 unspecified atom stereocenters. The first kappa shape index (κ1) is 28.8. The number of piperazine rings is 1. The molecule has 1 aliphatic rings. The van der Waals surface area contributed by atoms with E-state index >= 15 is 0 Å².